The second-order valence-electron chi connectivity index (χ2n) is 7.94. The van der Waals surface area contributed by atoms with E-state index in [1.165, 1.54) is 18.6 Å². The van der Waals surface area contributed by atoms with Gasteiger partial charge in [0.25, 0.3) is 0 Å². The van der Waals surface area contributed by atoms with Crippen molar-refractivity contribution in [1.29, 1.82) is 0 Å². The highest BCUT2D eigenvalue weighted by atomic mass is 16.7. The minimum atomic E-state index is 0.366. The molecule has 1 aliphatic carbocycles. The quantitative estimate of drug-likeness (QED) is 0.626. The van der Waals surface area contributed by atoms with E-state index >= 15 is 0 Å². The summed E-state index contributed by atoms with van der Waals surface area (Å²) in [7, 11) is 1.71. The van der Waals surface area contributed by atoms with Crippen LogP contribution in [-0.2, 0) is 4.84 Å². The molecule has 3 aliphatic rings. The van der Waals surface area contributed by atoms with Gasteiger partial charge in [0.2, 0.25) is 0 Å². The van der Waals surface area contributed by atoms with Crippen molar-refractivity contribution in [1.82, 2.24) is 14.9 Å². The lowest BCUT2D eigenvalue weighted by Gasteiger charge is -2.36. The molecule has 3 heterocycles. The average Bonchev–Trinajstić information content (AvgIpc) is 2.79. The van der Waals surface area contributed by atoms with Crippen molar-refractivity contribution in [3.05, 3.63) is 30.7 Å². The Labute approximate surface area is 174 Å². The molecule has 1 aromatic heterocycles. The Balaban J connectivity index is 1.13. The number of anilines is 1. The van der Waals surface area contributed by atoms with Gasteiger partial charge in [-0.05, 0) is 50.8 Å². The molecular formula is C22H33N5O2. The largest absolute Gasteiger partial charge is 0.493 e. The maximum Gasteiger partial charge on any atom is 0.171 e. The summed E-state index contributed by atoms with van der Waals surface area (Å²) in [5.74, 6) is 1.82. The molecule has 1 unspecified atom stereocenters. The predicted molar refractivity (Wildman–Crippen MR) is 115 cm³/mol. The van der Waals surface area contributed by atoms with Gasteiger partial charge in [-0.1, -0.05) is 6.42 Å². The van der Waals surface area contributed by atoms with Crippen molar-refractivity contribution in [2.24, 2.45) is 4.99 Å². The van der Waals surface area contributed by atoms with Gasteiger partial charge in [0, 0.05) is 50.5 Å². The summed E-state index contributed by atoms with van der Waals surface area (Å²) < 4.78 is 5.45. The Morgan fingerprint density at radius 1 is 1.14 bits per heavy atom. The number of unbranched alkanes of at least 4 members (excludes halogenated alkanes) is 1. The molecule has 2 aliphatic heterocycles. The predicted octanol–water partition coefficient (Wildman–Crippen LogP) is 3.09. The minimum absolute atomic E-state index is 0.366. The summed E-state index contributed by atoms with van der Waals surface area (Å²) >= 11 is 0. The van der Waals surface area contributed by atoms with Crippen LogP contribution in [0.2, 0.25) is 0 Å². The molecule has 0 N–H and O–H groups in total. The maximum absolute atomic E-state index is 6.06. The molecule has 2 fully saturated rings. The standard InChI is InChI=1S/C22H33N5O2/c1-28-21-9-6-10-24-22(21)26-16-14-25(15-17-26)12-4-5-18-29-27-13-11-23-19-7-2-3-8-20(19)27/h6,9-11,13,20H,2-5,7-8,12,14-18H2,1H3. The van der Waals surface area contributed by atoms with E-state index in [0.29, 0.717) is 6.04 Å². The van der Waals surface area contributed by atoms with Crippen molar-refractivity contribution >= 4 is 11.5 Å². The molecule has 0 radical (unpaired) electrons. The number of pyridine rings is 1. The SMILES string of the molecule is COc1cccnc1N1CCN(CCCCON2C=CN=C3CCCCC32)CC1. The van der Waals surface area contributed by atoms with Gasteiger partial charge in [-0.15, -0.1) is 0 Å². The first-order valence-corrected chi connectivity index (χ1v) is 11.0. The maximum atomic E-state index is 6.06. The summed E-state index contributed by atoms with van der Waals surface area (Å²) in [6.07, 6.45) is 12.8. The second kappa shape index (κ2) is 10.1. The highest BCUT2D eigenvalue weighted by molar-refractivity contribution is 5.91. The minimum Gasteiger partial charge on any atom is -0.493 e. The van der Waals surface area contributed by atoms with Gasteiger partial charge in [-0.2, -0.15) is 0 Å². The van der Waals surface area contributed by atoms with E-state index < -0.39 is 0 Å². The molecule has 1 saturated carbocycles. The molecular weight excluding hydrogens is 366 g/mol. The van der Waals surface area contributed by atoms with Gasteiger partial charge in [0.15, 0.2) is 11.6 Å². The van der Waals surface area contributed by atoms with Gasteiger partial charge in [-0.3, -0.25) is 19.8 Å². The third-order valence-corrected chi connectivity index (χ3v) is 6.06. The van der Waals surface area contributed by atoms with E-state index in [0.717, 1.165) is 76.6 Å². The van der Waals surface area contributed by atoms with Crippen molar-refractivity contribution in [3.8, 4) is 5.75 Å². The van der Waals surface area contributed by atoms with Crippen LogP contribution < -0.4 is 9.64 Å². The number of methoxy groups -OCH3 is 1. The average molecular weight is 400 g/mol. The summed E-state index contributed by atoms with van der Waals surface area (Å²) in [4.78, 5) is 20.0. The normalized spacial score (nSPS) is 22.4. The summed E-state index contributed by atoms with van der Waals surface area (Å²) in [6.45, 7) is 6.02. The van der Waals surface area contributed by atoms with Crippen LogP contribution in [0.15, 0.2) is 35.7 Å². The molecule has 7 nitrogen and oxygen atoms in total. The Hall–Kier alpha value is -2.12. The number of aliphatic imine (C=N–C) groups is 1. The monoisotopic (exact) mass is 399 g/mol. The van der Waals surface area contributed by atoms with Crippen LogP contribution in [0.25, 0.3) is 0 Å². The Kier molecular flexibility index (Phi) is 7.00. The molecule has 0 bridgehead atoms. The van der Waals surface area contributed by atoms with Crippen molar-refractivity contribution in [2.75, 3.05) is 51.3 Å². The van der Waals surface area contributed by atoms with Crippen molar-refractivity contribution < 1.29 is 9.57 Å². The zero-order chi connectivity index (χ0) is 19.9. The number of hydrogen-bond donors (Lipinski definition) is 0. The fraction of sp³-hybridized carbons (Fsp3) is 0.636. The van der Waals surface area contributed by atoms with E-state index in [1.54, 1.807) is 7.11 Å². The smallest absolute Gasteiger partial charge is 0.171 e. The third-order valence-electron chi connectivity index (χ3n) is 6.06. The molecule has 1 saturated heterocycles. The van der Waals surface area contributed by atoms with Crippen LogP contribution >= 0.6 is 0 Å². The lowest BCUT2D eigenvalue weighted by molar-refractivity contribution is -0.139. The van der Waals surface area contributed by atoms with Crippen LogP contribution in [-0.4, -0.2) is 73.1 Å². The van der Waals surface area contributed by atoms with Crippen molar-refractivity contribution in [2.45, 2.75) is 44.6 Å². The number of piperazine rings is 1. The summed E-state index contributed by atoms with van der Waals surface area (Å²) in [5, 5.41) is 2.04. The van der Waals surface area contributed by atoms with Crippen LogP contribution in [0.4, 0.5) is 5.82 Å². The zero-order valence-corrected chi connectivity index (χ0v) is 17.5. The highest BCUT2D eigenvalue weighted by Crippen LogP contribution is 2.26. The van der Waals surface area contributed by atoms with Crippen LogP contribution in [0.5, 0.6) is 5.75 Å². The summed E-state index contributed by atoms with van der Waals surface area (Å²) in [5.41, 5.74) is 1.29. The van der Waals surface area contributed by atoms with E-state index in [2.05, 4.69) is 19.8 Å². The van der Waals surface area contributed by atoms with E-state index in [-0.39, 0.29) is 0 Å². The summed E-state index contributed by atoms with van der Waals surface area (Å²) in [6, 6.07) is 4.27. The van der Waals surface area contributed by atoms with E-state index in [9.17, 15) is 0 Å². The molecule has 4 rings (SSSR count). The molecule has 0 spiro atoms. The number of ether oxygens (including phenoxy) is 1. The molecule has 158 valence electrons. The Bertz CT molecular complexity index is 715. The lowest BCUT2D eigenvalue weighted by Crippen LogP contribution is -2.47. The first kappa shape index (κ1) is 20.2. The van der Waals surface area contributed by atoms with Crippen LogP contribution in [0, 0.1) is 0 Å². The fourth-order valence-corrected chi connectivity index (χ4v) is 4.40. The third kappa shape index (κ3) is 5.08. The van der Waals surface area contributed by atoms with Gasteiger partial charge < -0.3 is 9.64 Å². The highest BCUT2D eigenvalue weighted by Gasteiger charge is 2.27. The number of nitrogens with zero attached hydrogens (tertiary/aromatic N) is 5. The zero-order valence-electron chi connectivity index (χ0n) is 17.5. The lowest BCUT2D eigenvalue weighted by atomic mass is 9.92. The van der Waals surface area contributed by atoms with Gasteiger partial charge in [-0.25, -0.2) is 4.98 Å². The Morgan fingerprint density at radius 3 is 2.90 bits per heavy atom. The topological polar surface area (TPSA) is 53.4 Å². The first-order chi connectivity index (χ1) is 14.3. The van der Waals surface area contributed by atoms with Crippen molar-refractivity contribution in [3.63, 3.8) is 0 Å². The number of rotatable bonds is 8. The molecule has 1 atom stereocenters. The van der Waals surface area contributed by atoms with Crippen LogP contribution in [0.1, 0.15) is 38.5 Å². The van der Waals surface area contributed by atoms with Gasteiger partial charge in [0.05, 0.1) is 19.8 Å². The van der Waals surface area contributed by atoms with Gasteiger partial charge in [0.1, 0.15) is 0 Å². The molecule has 0 amide bonds. The molecule has 1 aromatic rings. The van der Waals surface area contributed by atoms with E-state index in [1.807, 2.05) is 35.8 Å². The number of fused-ring (bicyclic) bond motifs is 1. The van der Waals surface area contributed by atoms with E-state index in [4.69, 9.17) is 9.57 Å². The Morgan fingerprint density at radius 2 is 2.03 bits per heavy atom. The fourth-order valence-electron chi connectivity index (χ4n) is 4.40. The number of aromatic nitrogens is 1. The first-order valence-electron chi connectivity index (χ1n) is 11.0. The van der Waals surface area contributed by atoms with Gasteiger partial charge >= 0.3 is 0 Å². The number of hydroxylamine groups is 2. The second-order valence-corrected chi connectivity index (χ2v) is 7.94. The van der Waals surface area contributed by atoms with Crippen LogP contribution in [0.3, 0.4) is 0 Å². The molecule has 0 aromatic carbocycles. The number of hydrogen-bond acceptors (Lipinski definition) is 7. The molecule has 7 heteroatoms. The molecule has 29 heavy (non-hydrogen) atoms.